The third-order valence-electron chi connectivity index (χ3n) is 6.83. The minimum absolute atomic E-state index is 0.0319. The fraction of sp³-hybridized carbons (Fsp3) is 0.0526. The average molecular weight is 546 g/mol. The summed E-state index contributed by atoms with van der Waals surface area (Å²) in [6.07, 6.45) is 0. The normalized spacial score (nSPS) is 10.3. The highest BCUT2D eigenvalue weighted by molar-refractivity contribution is 6.14. The molecular weight excluding hydrogens is 514 g/mol. The van der Waals surface area contributed by atoms with Crippen LogP contribution in [-0.2, 0) is 0 Å². The number of ketones is 1. The van der Waals surface area contributed by atoms with E-state index in [2.05, 4.69) is 29.2 Å². The number of nitrogens with one attached hydrogen (secondary N) is 1. The molecule has 1 heterocycles. The molecule has 4 heteroatoms. The number of hydrogen-bond acceptors (Lipinski definition) is 4. The topological polar surface area (TPSA) is 66.2 Å². The van der Waals surface area contributed by atoms with Gasteiger partial charge in [0.1, 0.15) is 0 Å². The second-order valence-electron chi connectivity index (χ2n) is 9.85. The van der Waals surface area contributed by atoms with Gasteiger partial charge >= 0.3 is 0 Å². The van der Waals surface area contributed by atoms with E-state index in [9.17, 15) is 4.79 Å². The van der Waals surface area contributed by atoms with Gasteiger partial charge in [0.15, 0.2) is 5.78 Å². The summed E-state index contributed by atoms with van der Waals surface area (Å²) in [5.41, 5.74) is 8.60. The highest BCUT2D eigenvalue weighted by atomic mass is 16.1. The van der Waals surface area contributed by atoms with Crippen LogP contribution in [0.25, 0.3) is 10.9 Å². The lowest BCUT2D eigenvalue weighted by Crippen LogP contribution is -2.02. The van der Waals surface area contributed by atoms with Crippen molar-refractivity contribution < 1.29 is 4.79 Å². The number of benzene rings is 5. The maximum atomic E-state index is 11.8. The fourth-order valence-corrected chi connectivity index (χ4v) is 4.67. The molecule has 0 atom stereocenters. The summed E-state index contributed by atoms with van der Waals surface area (Å²) in [4.78, 5) is 21.3. The third kappa shape index (κ3) is 6.80. The Kier molecular flexibility index (Phi) is 8.85. The summed E-state index contributed by atoms with van der Waals surface area (Å²) in [6.45, 7) is 3.44. The van der Waals surface area contributed by atoms with Crippen molar-refractivity contribution in [2.75, 3.05) is 0 Å². The number of nitrogens with zero attached hydrogens (tertiary/aromatic N) is 2. The Hall–Kier alpha value is -5.48. The number of carbonyl (C=O) groups is 1. The Morgan fingerprint density at radius 1 is 0.619 bits per heavy atom. The zero-order valence-corrected chi connectivity index (χ0v) is 23.7. The second-order valence-corrected chi connectivity index (χ2v) is 9.85. The van der Waals surface area contributed by atoms with Crippen molar-refractivity contribution in [3.05, 3.63) is 179 Å². The van der Waals surface area contributed by atoms with Gasteiger partial charge in [-0.3, -0.25) is 15.2 Å². The number of hydrogen-bond donors (Lipinski definition) is 1. The molecule has 42 heavy (non-hydrogen) atoms. The van der Waals surface area contributed by atoms with Gasteiger partial charge in [0.2, 0.25) is 0 Å². The van der Waals surface area contributed by atoms with E-state index >= 15 is 0 Å². The van der Waals surface area contributed by atoms with Gasteiger partial charge in [-0.1, -0.05) is 127 Å². The lowest BCUT2D eigenvalue weighted by Gasteiger charge is -2.09. The SMILES string of the molecule is CC(=O)c1cc2ccc(N=C(c3ccccc3)c3ccccc3)cc2nc1C.N=C(c1ccccc1)c1ccccc1. The lowest BCUT2D eigenvalue weighted by molar-refractivity contribution is 0.101. The molecule has 6 aromatic rings. The molecule has 1 N–H and O–H groups in total. The molecule has 0 saturated heterocycles. The molecule has 0 radical (unpaired) electrons. The molecule has 0 spiro atoms. The molecule has 0 aliphatic heterocycles. The maximum absolute atomic E-state index is 11.8. The van der Waals surface area contributed by atoms with Crippen molar-refractivity contribution in [1.82, 2.24) is 4.98 Å². The minimum Gasteiger partial charge on any atom is -0.300 e. The predicted octanol–water partition coefficient (Wildman–Crippen LogP) is 9.02. The van der Waals surface area contributed by atoms with Crippen molar-refractivity contribution in [1.29, 1.82) is 5.41 Å². The zero-order valence-electron chi connectivity index (χ0n) is 23.7. The van der Waals surface area contributed by atoms with Crippen LogP contribution < -0.4 is 0 Å². The zero-order chi connectivity index (χ0) is 29.3. The van der Waals surface area contributed by atoms with Crippen LogP contribution in [0.2, 0.25) is 0 Å². The Balaban J connectivity index is 0.000000211. The largest absolute Gasteiger partial charge is 0.300 e. The summed E-state index contributed by atoms with van der Waals surface area (Å²) in [6, 6.07) is 47.7. The van der Waals surface area contributed by atoms with E-state index in [1.54, 1.807) is 6.92 Å². The Labute approximate surface area is 246 Å². The summed E-state index contributed by atoms with van der Waals surface area (Å²) >= 11 is 0. The lowest BCUT2D eigenvalue weighted by atomic mass is 10.0. The van der Waals surface area contributed by atoms with Crippen LogP contribution in [0.1, 0.15) is 45.2 Å². The van der Waals surface area contributed by atoms with E-state index in [1.165, 1.54) is 0 Å². The predicted molar refractivity (Wildman–Crippen MR) is 173 cm³/mol. The molecule has 0 aliphatic rings. The second kappa shape index (κ2) is 13.2. The first-order chi connectivity index (χ1) is 20.5. The molecule has 0 fully saturated rings. The third-order valence-corrected chi connectivity index (χ3v) is 6.83. The highest BCUT2D eigenvalue weighted by Gasteiger charge is 2.10. The number of aryl methyl sites for hydroxylation is 1. The van der Waals surface area contributed by atoms with Crippen LogP contribution in [0.4, 0.5) is 5.69 Å². The van der Waals surface area contributed by atoms with Crippen molar-refractivity contribution in [3.8, 4) is 0 Å². The molecule has 6 rings (SSSR count). The molecule has 0 bridgehead atoms. The van der Waals surface area contributed by atoms with Crippen LogP contribution >= 0.6 is 0 Å². The first-order valence-corrected chi connectivity index (χ1v) is 13.8. The number of fused-ring (bicyclic) bond motifs is 1. The van der Waals surface area contributed by atoms with Crippen molar-refractivity contribution in [2.45, 2.75) is 13.8 Å². The van der Waals surface area contributed by atoms with Crippen molar-refractivity contribution in [3.63, 3.8) is 0 Å². The monoisotopic (exact) mass is 545 g/mol. The van der Waals surface area contributed by atoms with E-state index in [-0.39, 0.29) is 5.78 Å². The van der Waals surface area contributed by atoms with E-state index in [0.717, 1.165) is 50.2 Å². The van der Waals surface area contributed by atoms with Gasteiger partial charge in [-0.2, -0.15) is 0 Å². The summed E-state index contributed by atoms with van der Waals surface area (Å²) in [5.74, 6) is 0.0319. The molecule has 0 saturated carbocycles. The Morgan fingerprint density at radius 3 is 1.52 bits per heavy atom. The van der Waals surface area contributed by atoms with Crippen LogP contribution in [0, 0.1) is 12.3 Å². The molecule has 5 aromatic carbocycles. The van der Waals surface area contributed by atoms with Gasteiger partial charge in [0.25, 0.3) is 0 Å². The van der Waals surface area contributed by atoms with Crippen LogP contribution in [0.15, 0.2) is 151 Å². The van der Waals surface area contributed by atoms with Crippen molar-refractivity contribution >= 4 is 33.8 Å². The van der Waals surface area contributed by atoms with Crippen LogP contribution in [-0.4, -0.2) is 22.2 Å². The molecular formula is C38H31N3O. The number of aromatic nitrogens is 1. The standard InChI is InChI=1S/C25H20N2O.C13H11N/c1-17-23(18(2)28)15-21-13-14-22(16-24(21)26-17)27-25(19-9-5-3-6-10-19)20-11-7-4-8-12-20;14-13(11-7-3-1-4-8-11)12-9-5-2-6-10-12/h3-16H,1-2H3;1-10,14H. The average Bonchev–Trinajstić information content (AvgIpc) is 3.04. The number of carbonyl (C=O) groups excluding carboxylic acids is 1. The molecule has 1 aromatic heterocycles. The van der Waals surface area contributed by atoms with Gasteiger partial charge in [-0.25, -0.2) is 4.99 Å². The van der Waals surface area contributed by atoms with E-state index in [0.29, 0.717) is 11.3 Å². The molecule has 0 amide bonds. The number of rotatable bonds is 6. The van der Waals surface area contributed by atoms with Crippen molar-refractivity contribution in [2.24, 2.45) is 4.99 Å². The molecule has 204 valence electrons. The quantitative estimate of drug-likeness (QED) is 0.168. The molecule has 0 unspecified atom stereocenters. The van der Waals surface area contributed by atoms with Gasteiger partial charge in [-0.05, 0) is 43.2 Å². The number of pyridine rings is 1. The van der Waals surface area contributed by atoms with Gasteiger partial charge in [-0.15, -0.1) is 0 Å². The molecule has 0 aliphatic carbocycles. The minimum atomic E-state index is 0.0319. The summed E-state index contributed by atoms with van der Waals surface area (Å²) in [5, 5.41) is 8.91. The van der Waals surface area contributed by atoms with E-state index in [4.69, 9.17) is 10.4 Å². The van der Waals surface area contributed by atoms with Gasteiger partial charge < -0.3 is 0 Å². The summed E-state index contributed by atoms with van der Waals surface area (Å²) < 4.78 is 0. The first-order valence-electron chi connectivity index (χ1n) is 13.8. The van der Waals surface area contributed by atoms with Gasteiger partial charge in [0, 0.05) is 27.8 Å². The first kappa shape index (κ1) is 28.1. The Morgan fingerprint density at radius 2 is 1.07 bits per heavy atom. The van der Waals surface area contributed by atoms with Crippen LogP contribution in [0.5, 0.6) is 0 Å². The molecule has 4 nitrogen and oxygen atoms in total. The summed E-state index contributed by atoms with van der Waals surface area (Å²) in [7, 11) is 0. The smallest absolute Gasteiger partial charge is 0.161 e. The Bertz CT molecular complexity index is 1760. The highest BCUT2D eigenvalue weighted by Crippen LogP contribution is 2.24. The number of Topliss-reactive ketones (excluding diaryl/α,β-unsaturated/α-hetero) is 1. The fourth-order valence-electron chi connectivity index (χ4n) is 4.67. The van der Waals surface area contributed by atoms with E-state index in [1.807, 2.05) is 128 Å². The van der Waals surface area contributed by atoms with E-state index < -0.39 is 0 Å². The van der Waals surface area contributed by atoms with Crippen LogP contribution in [0.3, 0.4) is 0 Å². The number of aliphatic imine (C=N–C) groups is 1. The van der Waals surface area contributed by atoms with Gasteiger partial charge in [0.05, 0.1) is 22.6 Å². The maximum Gasteiger partial charge on any atom is 0.161 e.